The summed E-state index contributed by atoms with van der Waals surface area (Å²) in [6.07, 6.45) is -3.55. The van der Waals surface area contributed by atoms with Gasteiger partial charge in [-0.1, -0.05) is 6.07 Å². The molecule has 0 aliphatic carbocycles. The lowest BCUT2D eigenvalue weighted by Crippen LogP contribution is -2.54. The van der Waals surface area contributed by atoms with Gasteiger partial charge in [-0.2, -0.15) is 13.2 Å². The SMILES string of the molecule is COCCNC(=O)[C@@H](NC(=O)c1cccs1)C1CCN(C(=O)c2ccc(C(F)(F)F)cc2)CC1. The molecule has 1 aliphatic rings. The summed E-state index contributed by atoms with van der Waals surface area (Å²) in [7, 11) is 1.52. The van der Waals surface area contributed by atoms with Gasteiger partial charge in [0.25, 0.3) is 11.8 Å². The fraction of sp³-hybridized carbons (Fsp3) is 0.435. The van der Waals surface area contributed by atoms with Crippen molar-refractivity contribution in [3.8, 4) is 0 Å². The summed E-state index contributed by atoms with van der Waals surface area (Å²) in [5, 5.41) is 7.35. The lowest BCUT2D eigenvalue weighted by atomic mass is 9.88. The van der Waals surface area contributed by atoms with Crippen molar-refractivity contribution in [3.05, 3.63) is 57.8 Å². The number of likely N-dealkylation sites (tertiary alicyclic amines) is 1. The number of ether oxygens (including phenoxy) is 1. The first-order chi connectivity index (χ1) is 16.2. The van der Waals surface area contributed by atoms with Crippen molar-refractivity contribution >= 4 is 29.1 Å². The first kappa shape index (κ1) is 25.7. The van der Waals surface area contributed by atoms with Gasteiger partial charge in [0.2, 0.25) is 5.91 Å². The van der Waals surface area contributed by atoms with Gasteiger partial charge < -0.3 is 20.3 Å². The summed E-state index contributed by atoms with van der Waals surface area (Å²) >= 11 is 1.27. The standard InChI is InChI=1S/C23H26F3N3O4S/c1-33-13-10-27-21(31)19(28-20(30)18-3-2-14-34-18)15-8-11-29(12-9-15)22(32)16-4-6-17(7-5-16)23(24,25)26/h2-7,14-15,19H,8-13H2,1H3,(H,27,31)(H,28,30)/t19-/m0/s1. The van der Waals surface area contributed by atoms with E-state index in [1.165, 1.54) is 30.6 Å². The predicted octanol–water partition coefficient (Wildman–Crippen LogP) is 3.18. The van der Waals surface area contributed by atoms with Crippen molar-refractivity contribution in [2.75, 3.05) is 33.4 Å². The van der Waals surface area contributed by atoms with Crippen molar-refractivity contribution < 1.29 is 32.3 Å². The molecule has 1 saturated heterocycles. The monoisotopic (exact) mass is 497 g/mol. The Morgan fingerprint density at radius 3 is 2.38 bits per heavy atom. The number of carbonyl (C=O) groups is 3. The molecule has 1 aromatic carbocycles. The van der Waals surface area contributed by atoms with E-state index >= 15 is 0 Å². The second kappa shape index (κ2) is 11.5. The van der Waals surface area contributed by atoms with E-state index in [0.29, 0.717) is 44.0 Å². The summed E-state index contributed by atoms with van der Waals surface area (Å²) in [4.78, 5) is 40.2. The van der Waals surface area contributed by atoms with Crippen molar-refractivity contribution in [2.45, 2.75) is 25.1 Å². The summed E-state index contributed by atoms with van der Waals surface area (Å²) in [6.45, 7) is 1.27. The third-order valence-corrected chi connectivity index (χ3v) is 6.55. The van der Waals surface area contributed by atoms with E-state index in [0.717, 1.165) is 12.1 Å². The molecule has 1 aliphatic heterocycles. The number of piperidine rings is 1. The van der Waals surface area contributed by atoms with Crippen LogP contribution in [0.25, 0.3) is 0 Å². The van der Waals surface area contributed by atoms with E-state index in [2.05, 4.69) is 10.6 Å². The van der Waals surface area contributed by atoms with E-state index in [9.17, 15) is 27.6 Å². The number of thiophene rings is 1. The highest BCUT2D eigenvalue weighted by Crippen LogP contribution is 2.29. The number of nitrogens with one attached hydrogen (secondary N) is 2. The van der Waals surface area contributed by atoms with Crippen LogP contribution in [0.5, 0.6) is 0 Å². The molecule has 2 aromatic rings. The third-order valence-electron chi connectivity index (χ3n) is 5.68. The number of nitrogens with zero attached hydrogens (tertiary/aromatic N) is 1. The molecule has 2 N–H and O–H groups in total. The number of amides is 3. The maximum Gasteiger partial charge on any atom is 0.416 e. The van der Waals surface area contributed by atoms with E-state index < -0.39 is 17.8 Å². The summed E-state index contributed by atoms with van der Waals surface area (Å²) in [5.74, 6) is -1.24. The number of hydrogen-bond acceptors (Lipinski definition) is 5. The average molecular weight is 498 g/mol. The van der Waals surface area contributed by atoms with Crippen molar-refractivity contribution in [2.24, 2.45) is 5.92 Å². The normalized spacial score (nSPS) is 15.6. The van der Waals surface area contributed by atoms with Gasteiger partial charge in [-0.15, -0.1) is 11.3 Å². The average Bonchev–Trinajstić information content (AvgIpc) is 3.37. The maximum atomic E-state index is 12.8. The minimum absolute atomic E-state index is 0.173. The Balaban J connectivity index is 1.64. The number of methoxy groups -OCH3 is 1. The molecule has 3 rings (SSSR count). The quantitative estimate of drug-likeness (QED) is 0.549. The molecule has 11 heteroatoms. The van der Waals surface area contributed by atoms with Crippen LogP contribution in [-0.2, 0) is 15.7 Å². The van der Waals surface area contributed by atoms with Gasteiger partial charge in [0.15, 0.2) is 0 Å². The zero-order valence-corrected chi connectivity index (χ0v) is 19.4. The number of carbonyl (C=O) groups excluding carboxylic acids is 3. The smallest absolute Gasteiger partial charge is 0.383 e. The van der Waals surface area contributed by atoms with Gasteiger partial charge in [-0.3, -0.25) is 14.4 Å². The van der Waals surface area contributed by atoms with Gasteiger partial charge in [0.1, 0.15) is 6.04 Å². The highest BCUT2D eigenvalue weighted by atomic mass is 32.1. The van der Waals surface area contributed by atoms with Gasteiger partial charge in [-0.25, -0.2) is 0 Å². The second-order valence-electron chi connectivity index (χ2n) is 7.92. The fourth-order valence-electron chi connectivity index (χ4n) is 3.82. The topological polar surface area (TPSA) is 87.7 Å². The Bertz CT molecular complexity index is 972. The molecule has 3 amide bonds. The van der Waals surface area contributed by atoms with Gasteiger partial charge in [0, 0.05) is 32.3 Å². The highest BCUT2D eigenvalue weighted by Gasteiger charge is 2.35. The van der Waals surface area contributed by atoms with Gasteiger partial charge >= 0.3 is 6.18 Å². The largest absolute Gasteiger partial charge is 0.416 e. The van der Waals surface area contributed by atoms with E-state index in [4.69, 9.17) is 4.74 Å². The third kappa shape index (κ3) is 6.57. The van der Waals surface area contributed by atoms with Crippen LogP contribution in [0.15, 0.2) is 41.8 Å². The van der Waals surface area contributed by atoms with E-state index in [1.54, 1.807) is 22.4 Å². The Labute approximate surface area is 199 Å². The molecular formula is C23H26F3N3O4S. The van der Waals surface area contributed by atoms with Crippen LogP contribution in [0.2, 0.25) is 0 Å². The van der Waals surface area contributed by atoms with Crippen LogP contribution in [0.4, 0.5) is 13.2 Å². The molecule has 0 spiro atoms. The molecule has 1 aromatic heterocycles. The van der Waals surface area contributed by atoms with Crippen molar-refractivity contribution in [1.29, 1.82) is 0 Å². The highest BCUT2D eigenvalue weighted by molar-refractivity contribution is 7.12. The zero-order chi connectivity index (χ0) is 24.7. The number of alkyl halides is 3. The van der Waals surface area contributed by atoms with E-state index in [1.807, 2.05) is 0 Å². The number of benzene rings is 1. The molecule has 0 saturated carbocycles. The summed E-state index contributed by atoms with van der Waals surface area (Å²) in [5.41, 5.74) is -0.641. The van der Waals surface area contributed by atoms with Crippen molar-refractivity contribution in [3.63, 3.8) is 0 Å². The number of halogens is 3. The number of rotatable bonds is 8. The molecule has 0 unspecified atom stereocenters. The molecule has 2 heterocycles. The molecule has 1 atom stereocenters. The molecule has 34 heavy (non-hydrogen) atoms. The van der Waals surface area contributed by atoms with Gasteiger partial charge in [0.05, 0.1) is 17.0 Å². The minimum Gasteiger partial charge on any atom is -0.383 e. The molecule has 1 fully saturated rings. The molecule has 0 radical (unpaired) electrons. The van der Waals surface area contributed by atoms with Crippen LogP contribution in [-0.4, -0.2) is 62.0 Å². The molecule has 7 nitrogen and oxygen atoms in total. The zero-order valence-electron chi connectivity index (χ0n) is 18.6. The van der Waals surface area contributed by atoms with Crippen molar-refractivity contribution in [1.82, 2.24) is 15.5 Å². The van der Waals surface area contributed by atoms with Crippen LogP contribution in [0.3, 0.4) is 0 Å². The maximum absolute atomic E-state index is 12.8. The Morgan fingerprint density at radius 1 is 1.15 bits per heavy atom. The lowest BCUT2D eigenvalue weighted by Gasteiger charge is -2.35. The Morgan fingerprint density at radius 2 is 1.82 bits per heavy atom. The molecular weight excluding hydrogens is 471 g/mol. The van der Waals surface area contributed by atoms with Crippen LogP contribution in [0.1, 0.15) is 38.4 Å². The van der Waals surface area contributed by atoms with Gasteiger partial charge in [-0.05, 0) is 54.5 Å². The summed E-state index contributed by atoms with van der Waals surface area (Å²) in [6, 6.07) is 6.76. The Kier molecular flexibility index (Phi) is 8.67. The predicted molar refractivity (Wildman–Crippen MR) is 121 cm³/mol. The first-order valence-corrected chi connectivity index (χ1v) is 11.7. The number of hydrogen-bond donors (Lipinski definition) is 2. The minimum atomic E-state index is -4.47. The molecule has 184 valence electrons. The fourth-order valence-corrected chi connectivity index (χ4v) is 4.45. The Hall–Kier alpha value is -2.92. The van der Waals surface area contributed by atoms with Crippen LogP contribution >= 0.6 is 11.3 Å². The van der Waals surface area contributed by atoms with Crippen LogP contribution in [0, 0.1) is 5.92 Å². The molecule has 0 bridgehead atoms. The van der Waals surface area contributed by atoms with Crippen LogP contribution < -0.4 is 10.6 Å². The van der Waals surface area contributed by atoms with E-state index in [-0.39, 0.29) is 29.2 Å². The summed E-state index contributed by atoms with van der Waals surface area (Å²) < 4.78 is 43.3. The first-order valence-electron chi connectivity index (χ1n) is 10.8. The lowest BCUT2D eigenvalue weighted by molar-refractivity contribution is -0.137. The second-order valence-corrected chi connectivity index (χ2v) is 8.86.